The Morgan fingerprint density at radius 3 is 2.50 bits per heavy atom. The molecule has 2 rings (SSSR count). The zero-order chi connectivity index (χ0) is 15.9. The van der Waals surface area contributed by atoms with Gasteiger partial charge in [0.25, 0.3) is 5.91 Å². The summed E-state index contributed by atoms with van der Waals surface area (Å²) in [6, 6.07) is 9.10. The highest BCUT2D eigenvalue weighted by Crippen LogP contribution is 2.14. The molecule has 1 aromatic heterocycles. The van der Waals surface area contributed by atoms with E-state index in [1.165, 1.54) is 11.6 Å². The standard InChI is InChI=1S/C17H18N2O2S/c1-12-9-10-22-15(12)11-19-16(20)8-5-13-3-6-14(7-4-13)17(21)18-2/h3-10H,11H2,1-2H3,(H,18,21)(H,19,20)/b8-5+. The Bertz CT molecular complexity index is 687. The molecule has 5 heteroatoms. The van der Waals surface area contributed by atoms with Gasteiger partial charge in [-0.3, -0.25) is 9.59 Å². The first-order chi connectivity index (χ1) is 10.6. The van der Waals surface area contributed by atoms with Crippen LogP contribution in [0.15, 0.2) is 41.8 Å². The van der Waals surface area contributed by atoms with Crippen molar-refractivity contribution in [1.82, 2.24) is 10.6 Å². The average molecular weight is 314 g/mol. The highest BCUT2D eigenvalue weighted by Gasteiger charge is 2.02. The highest BCUT2D eigenvalue weighted by atomic mass is 32.1. The van der Waals surface area contributed by atoms with E-state index in [9.17, 15) is 9.59 Å². The molecule has 2 aromatic rings. The smallest absolute Gasteiger partial charge is 0.251 e. The molecule has 0 saturated heterocycles. The molecule has 1 heterocycles. The molecule has 1 aromatic carbocycles. The minimum atomic E-state index is -0.136. The van der Waals surface area contributed by atoms with Crippen LogP contribution < -0.4 is 10.6 Å². The topological polar surface area (TPSA) is 58.2 Å². The van der Waals surface area contributed by atoms with Gasteiger partial charge in [0.15, 0.2) is 0 Å². The number of carbonyl (C=O) groups excluding carboxylic acids is 2. The van der Waals surface area contributed by atoms with Gasteiger partial charge in [0, 0.05) is 23.6 Å². The van der Waals surface area contributed by atoms with Crippen LogP contribution in [0.4, 0.5) is 0 Å². The van der Waals surface area contributed by atoms with Crippen molar-refractivity contribution >= 4 is 29.2 Å². The van der Waals surface area contributed by atoms with Gasteiger partial charge in [-0.05, 0) is 47.7 Å². The first-order valence-corrected chi connectivity index (χ1v) is 7.79. The molecular weight excluding hydrogens is 296 g/mol. The second-order valence-corrected chi connectivity index (χ2v) is 5.78. The maximum Gasteiger partial charge on any atom is 0.251 e. The predicted octanol–water partition coefficient (Wildman–Crippen LogP) is 2.75. The molecule has 0 aliphatic carbocycles. The first-order valence-electron chi connectivity index (χ1n) is 6.91. The summed E-state index contributed by atoms with van der Waals surface area (Å²) in [4.78, 5) is 24.4. The van der Waals surface area contributed by atoms with Crippen molar-refractivity contribution in [3.8, 4) is 0 Å². The SMILES string of the molecule is CNC(=O)c1ccc(/C=C/C(=O)NCc2sccc2C)cc1. The Hall–Kier alpha value is -2.40. The van der Waals surface area contributed by atoms with E-state index in [2.05, 4.69) is 10.6 Å². The number of aryl methyl sites for hydroxylation is 1. The van der Waals surface area contributed by atoms with Crippen LogP contribution in [0.2, 0.25) is 0 Å². The fraction of sp³-hybridized carbons (Fsp3) is 0.176. The van der Waals surface area contributed by atoms with Crippen LogP contribution in [0.1, 0.15) is 26.4 Å². The number of hydrogen-bond acceptors (Lipinski definition) is 3. The lowest BCUT2D eigenvalue weighted by atomic mass is 10.1. The lowest BCUT2D eigenvalue weighted by molar-refractivity contribution is -0.116. The maximum atomic E-state index is 11.8. The van der Waals surface area contributed by atoms with Crippen LogP contribution in [0.5, 0.6) is 0 Å². The third-order valence-electron chi connectivity index (χ3n) is 3.22. The summed E-state index contributed by atoms with van der Waals surface area (Å²) in [6.07, 6.45) is 3.22. The normalized spacial score (nSPS) is 10.6. The molecule has 0 aliphatic rings. The average Bonchev–Trinajstić information content (AvgIpc) is 2.95. The van der Waals surface area contributed by atoms with E-state index >= 15 is 0 Å². The zero-order valence-electron chi connectivity index (χ0n) is 12.6. The lowest BCUT2D eigenvalue weighted by Crippen LogP contribution is -2.19. The molecule has 0 fully saturated rings. The minimum absolute atomic E-state index is 0.125. The number of amides is 2. The van der Waals surface area contributed by atoms with Crippen LogP contribution >= 0.6 is 11.3 Å². The van der Waals surface area contributed by atoms with Gasteiger partial charge in [-0.2, -0.15) is 0 Å². The van der Waals surface area contributed by atoms with Crippen LogP contribution in [-0.2, 0) is 11.3 Å². The Labute approximate surface area is 133 Å². The molecule has 0 bridgehead atoms. The van der Waals surface area contributed by atoms with Crippen LogP contribution in [0, 0.1) is 6.92 Å². The second kappa shape index (κ2) is 7.56. The molecule has 2 amide bonds. The molecule has 114 valence electrons. The summed E-state index contributed by atoms with van der Waals surface area (Å²) in [7, 11) is 1.59. The van der Waals surface area contributed by atoms with E-state index in [0.717, 1.165) is 10.4 Å². The van der Waals surface area contributed by atoms with Gasteiger partial charge in [-0.15, -0.1) is 11.3 Å². The van der Waals surface area contributed by atoms with E-state index in [4.69, 9.17) is 0 Å². The lowest BCUT2D eigenvalue weighted by Gasteiger charge is -2.02. The zero-order valence-corrected chi connectivity index (χ0v) is 13.4. The van der Waals surface area contributed by atoms with Gasteiger partial charge in [0.2, 0.25) is 5.91 Å². The van der Waals surface area contributed by atoms with Crippen molar-refractivity contribution in [2.24, 2.45) is 0 Å². The molecule has 0 radical (unpaired) electrons. The van der Waals surface area contributed by atoms with E-state index in [0.29, 0.717) is 12.1 Å². The van der Waals surface area contributed by atoms with Crippen molar-refractivity contribution in [3.63, 3.8) is 0 Å². The molecule has 0 aliphatic heterocycles. The second-order valence-electron chi connectivity index (χ2n) is 4.78. The summed E-state index contributed by atoms with van der Waals surface area (Å²) in [5, 5.41) is 7.44. The number of carbonyl (C=O) groups is 2. The Morgan fingerprint density at radius 2 is 1.91 bits per heavy atom. The molecule has 4 nitrogen and oxygen atoms in total. The van der Waals surface area contributed by atoms with Crippen molar-refractivity contribution in [2.45, 2.75) is 13.5 Å². The van der Waals surface area contributed by atoms with Crippen molar-refractivity contribution < 1.29 is 9.59 Å². The molecule has 2 N–H and O–H groups in total. The van der Waals surface area contributed by atoms with Gasteiger partial charge < -0.3 is 10.6 Å². The summed E-state index contributed by atoms with van der Waals surface area (Å²) < 4.78 is 0. The number of rotatable bonds is 5. The monoisotopic (exact) mass is 314 g/mol. The summed E-state index contributed by atoms with van der Waals surface area (Å²) in [5.41, 5.74) is 2.66. The van der Waals surface area contributed by atoms with Gasteiger partial charge >= 0.3 is 0 Å². The van der Waals surface area contributed by atoms with E-state index in [1.807, 2.05) is 18.4 Å². The minimum Gasteiger partial charge on any atom is -0.355 e. The van der Waals surface area contributed by atoms with E-state index in [-0.39, 0.29) is 11.8 Å². The molecular formula is C17H18N2O2S. The van der Waals surface area contributed by atoms with Crippen molar-refractivity contribution in [2.75, 3.05) is 7.05 Å². The Kier molecular flexibility index (Phi) is 5.49. The Balaban J connectivity index is 1.89. The third-order valence-corrected chi connectivity index (χ3v) is 4.24. The van der Waals surface area contributed by atoms with E-state index < -0.39 is 0 Å². The molecule has 22 heavy (non-hydrogen) atoms. The highest BCUT2D eigenvalue weighted by molar-refractivity contribution is 7.10. The van der Waals surface area contributed by atoms with Crippen molar-refractivity contribution in [3.05, 3.63) is 63.4 Å². The molecule has 0 saturated carbocycles. The van der Waals surface area contributed by atoms with E-state index in [1.54, 1.807) is 48.7 Å². The molecule has 0 unspecified atom stereocenters. The van der Waals surface area contributed by atoms with Gasteiger partial charge in [0.1, 0.15) is 0 Å². The number of thiophene rings is 1. The largest absolute Gasteiger partial charge is 0.355 e. The summed E-state index contributed by atoms with van der Waals surface area (Å²) >= 11 is 1.64. The van der Waals surface area contributed by atoms with Gasteiger partial charge in [-0.25, -0.2) is 0 Å². The quantitative estimate of drug-likeness (QED) is 0.834. The molecule has 0 spiro atoms. The van der Waals surface area contributed by atoms with Crippen LogP contribution in [-0.4, -0.2) is 18.9 Å². The number of hydrogen-bond donors (Lipinski definition) is 2. The maximum absolute atomic E-state index is 11.8. The summed E-state index contributed by atoms with van der Waals surface area (Å²) in [5.74, 6) is -0.261. The molecule has 0 atom stereocenters. The third kappa shape index (κ3) is 4.30. The van der Waals surface area contributed by atoms with Crippen LogP contribution in [0.25, 0.3) is 6.08 Å². The van der Waals surface area contributed by atoms with Crippen molar-refractivity contribution in [1.29, 1.82) is 0 Å². The summed E-state index contributed by atoms with van der Waals surface area (Å²) in [6.45, 7) is 2.57. The van der Waals surface area contributed by atoms with Gasteiger partial charge in [0.05, 0.1) is 6.54 Å². The number of benzene rings is 1. The fourth-order valence-corrected chi connectivity index (χ4v) is 2.72. The van der Waals surface area contributed by atoms with Gasteiger partial charge in [-0.1, -0.05) is 12.1 Å². The Morgan fingerprint density at radius 1 is 1.18 bits per heavy atom. The first kappa shape index (κ1) is 16.0. The predicted molar refractivity (Wildman–Crippen MR) is 89.8 cm³/mol. The number of nitrogens with one attached hydrogen (secondary N) is 2. The van der Waals surface area contributed by atoms with Crippen LogP contribution in [0.3, 0.4) is 0 Å². The fourth-order valence-electron chi connectivity index (χ4n) is 1.87.